The number of rotatable bonds is 3. The quantitative estimate of drug-likeness (QED) is 0.371. The second-order valence-corrected chi connectivity index (χ2v) is 4.89. The number of aliphatic imine (C=N–C) groups is 1. The highest BCUT2D eigenvalue weighted by Gasteiger charge is 2.16. The summed E-state index contributed by atoms with van der Waals surface area (Å²) in [6, 6.07) is 2.40. The first-order chi connectivity index (χ1) is 8.70. The molecule has 0 atom stereocenters. The van der Waals surface area contributed by atoms with Gasteiger partial charge in [0.25, 0.3) is 0 Å². The van der Waals surface area contributed by atoms with E-state index in [1.54, 1.807) is 6.26 Å². The molecule has 1 aliphatic carbocycles. The summed E-state index contributed by atoms with van der Waals surface area (Å²) < 4.78 is 5.29. The van der Waals surface area contributed by atoms with Gasteiger partial charge >= 0.3 is 0 Å². The lowest BCUT2D eigenvalue weighted by Gasteiger charge is -2.21. The number of furan rings is 1. The van der Waals surface area contributed by atoms with Crippen molar-refractivity contribution >= 4 is 5.96 Å². The van der Waals surface area contributed by atoms with E-state index in [1.165, 1.54) is 25.7 Å². The van der Waals surface area contributed by atoms with Crippen molar-refractivity contribution in [2.75, 3.05) is 7.05 Å². The third-order valence-corrected chi connectivity index (χ3v) is 3.49. The van der Waals surface area contributed by atoms with E-state index in [9.17, 15) is 0 Å². The summed E-state index contributed by atoms with van der Waals surface area (Å²) in [6.07, 6.45) is 6.60. The summed E-state index contributed by atoms with van der Waals surface area (Å²) >= 11 is 0. The second-order valence-electron chi connectivity index (χ2n) is 4.89. The molecule has 2 rings (SSSR count). The molecule has 1 fully saturated rings. The number of hydrogen-bond donors (Lipinski definition) is 2. The molecule has 0 bridgehead atoms. The fourth-order valence-corrected chi connectivity index (χ4v) is 2.36. The van der Waals surface area contributed by atoms with Gasteiger partial charge in [0, 0.05) is 19.2 Å². The molecule has 0 spiro atoms. The molecule has 0 saturated heterocycles. The van der Waals surface area contributed by atoms with Gasteiger partial charge in [-0.25, -0.2) is 10.8 Å². The number of hydrazine groups is 1. The van der Waals surface area contributed by atoms with Crippen LogP contribution in [0.5, 0.6) is 0 Å². The number of nitrogens with one attached hydrogen (secondary N) is 1. The summed E-state index contributed by atoms with van der Waals surface area (Å²) in [5.41, 5.74) is 3.87. The van der Waals surface area contributed by atoms with Crippen LogP contribution in [0, 0.1) is 6.92 Å². The van der Waals surface area contributed by atoms with E-state index in [0.29, 0.717) is 6.04 Å². The van der Waals surface area contributed by atoms with Crippen molar-refractivity contribution in [2.24, 2.45) is 10.8 Å². The van der Waals surface area contributed by atoms with E-state index in [2.05, 4.69) is 10.4 Å². The zero-order valence-corrected chi connectivity index (χ0v) is 11.1. The van der Waals surface area contributed by atoms with Crippen LogP contribution < -0.4 is 11.3 Å². The predicted molar refractivity (Wildman–Crippen MR) is 71.9 cm³/mol. The van der Waals surface area contributed by atoms with Gasteiger partial charge in [0.1, 0.15) is 5.76 Å². The topological polar surface area (TPSA) is 66.8 Å². The van der Waals surface area contributed by atoms with Crippen molar-refractivity contribution in [1.82, 2.24) is 10.3 Å². The zero-order valence-electron chi connectivity index (χ0n) is 11.1. The third-order valence-electron chi connectivity index (χ3n) is 3.49. The van der Waals surface area contributed by atoms with Crippen molar-refractivity contribution in [3.63, 3.8) is 0 Å². The summed E-state index contributed by atoms with van der Waals surface area (Å²) in [7, 11) is 1.99. The summed E-state index contributed by atoms with van der Waals surface area (Å²) in [4.78, 5) is 6.70. The monoisotopic (exact) mass is 250 g/mol. The maximum absolute atomic E-state index is 5.57. The standard InChI is InChI=1S/C13H22N4O/c1-10-11(7-8-18-10)9-17(2)13(16-14)15-12-5-3-4-6-12/h7-8,12H,3-6,9,14H2,1-2H3,(H,15,16). The molecular weight excluding hydrogens is 228 g/mol. The Morgan fingerprint density at radius 3 is 2.83 bits per heavy atom. The molecule has 0 unspecified atom stereocenters. The first-order valence-corrected chi connectivity index (χ1v) is 6.49. The van der Waals surface area contributed by atoms with Gasteiger partial charge in [-0.2, -0.15) is 0 Å². The van der Waals surface area contributed by atoms with Gasteiger partial charge in [-0.05, 0) is 25.8 Å². The van der Waals surface area contributed by atoms with Gasteiger partial charge in [0.15, 0.2) is 0 Å². The Labute approximate surface area is 108 Å². The normalized spacial score (nSPS) is 17.2. The molecule has 1 aromatic rings. The first-order valence-electron chi connectivity index (χ1n) is 6.49. The number of hydrogen-bond acceptors (Lipinski definition) is 3. The average Bonchev–Trinajstić information content (AvgIpc) is 2.99. The molecule has 0 aromatic carbocycles. The third kappa shape index (κ3) is 3.04. The molecule has 1 aliphatic rings. The van der Waals surface area contributed by atoms with Crippen LogP contribution in [0.2, 0.25) is 0 Å². The highest BCUT2D eigenvalue weighted by Crippen LogP contribution is 2.21. The minimum absolute atomic E-state index is 0.420. The van der Waals surface area contributed by atoms with Crippen LogP contribution in [0.1, 0.15) is 37.0 Å². The second kappa shape index (κ2) is 5.91. The summed E-state index contributed by atoms with van der Waals surface area (Å²) in [6.45, 7) is 2.71. The fraction of sp³-hybridized carbons (Fsp3) is 0.615. The zero-order chi connectivity index (χ0) is 13.0. The van der Waals surface area contributed by atoms with Gasteiger partial charge in [0.05, 0.1) is 12.3 Å². The number of nitrogens with zero attached hydrogens (tertiary/aromatic N) is 2. The largest absolute Gasteiger partial charge is 0.469 e. The maximum atomic E-state index is 5.57. The highest BCUT2D eigenvalue weighted by atomic mass is 16.3. The average molecular weight is 250 g/mol. The van der Waals surface area contributed by atoms with Crippen molar-refractivity contribution in [3.05, 3.63) is 23.7 Å². The van der Waals surface area contributed by atoms with Crippen molar-refractivity contribution in [2.45, 2.75) is 45.2 Å². The molecule has 3 N–H and O–H groups in total. The Morgan fingerprint density at radius 1 is 1.56 bits per heavy atom. The minimum Gasteiger partial charge on any atom is -0.469 e. The van der Waals surface area contributed by atoms with Crippen LogP contribution in [0.25, 0.3) is 0 Å². The molecule has 5 heteroatoms. The fourth-order valence-electron chi connectivity index (χ4n) is 2.36. The van der Waals surface area contributed by atoms with E-state index in [0.717, 1.165) is 23.8 Å². The van der Waals surface area contributed by atoms with Crippen molar-refractivity contribution in [3.8, 4) is 0 Å². The molecule has 18 heavy (non-hydrogen) atoms. The lowest BCUT2D eigenvalue weighted by Crippen LogP contribution is -2.43. The van der Waals surface area contributed by atoms with E-state index in [-0.39, 0.29) is 0 Å². The number of nitrogens with two attached hydrogens (primary N) is 1. The van der Waals surface area contributed by atoms with Crippen molar-refractivity contribution in [1.29, 1.82) is 0 Å². The van der Waals surface area contributed by atoms with E-state index < -0.39 is 0 Å². The molecule has 5 nitrogen and oxygen atoms in total. The Balaban J connectivity index is 2.00. The van der Waals surface area contributed by atoms with Gasteiger partial charge in [-0.3, -0.25) is 5.43 Å². The first kappa shape index (κ1) is 13.0. The Bertz CT molecular complexity index is 407. The van der Waals surface area contributed by atoms with E-state index >= 15 is 0 Å². The van der Waals surface area contributed by atoms with Gasteiger partial charge in [-0.1, -0.05) is 12.8 Å². The SMILES string of the molecule is Cc1occc1CN(C)C(=NC1CCCC1)NN. The van der Waals surface area contributed by atoms with Crippen LogP contribution in [0.15, 0.2) is 21.7 Å². The Kier molecular flexibility index (Phi) is 4.25. The lowest BCUT2D eigenvalue weighted by atomic mass is 10.2. The van der Waals surface area contributed by atoms with Gasteiger partial charge < -0.3 is 9.32 Å². The molecule has 100 valence electrons. The van der Waals surface area contributed by atoms with Crippen LogP contribution in [0.3, 0.4) is 0 Å². The highest BCUT2D eigenvalue weighted by molar-refractivity contribution is 5.79. The minimum atomic E-state index is 0.420. The molecule has 1 heterocycles. The summed E-state index contributed by atoms with van der Waals surface area (Å²) in [5.74, 6) is 7.27. The van der Waals surface area contributed by atoms with Crippen LogP contribution in [0.4, 0.5) is 0 Å². The maximum Gasteiger partial charge on any atom is 0.208 e. The smallest absolute Gasteiger partial charge is 0.208 e. The van der Waals surface area contributed by atoms with Gasteiger partial charge in [0.2, 0.25) is 5.96 Å². The predicted octanol–water partition coefficient (Wildman–Crippen LogP) is 1.78. The molecule has 1 aromatic heterocycles. The van der Waals surface area contributed by atoms with E-state index in [4.69, 9.17) is 10.3 Å². The van der Waals surface area contributed by atoms with Gasteiger partial charge in [-0.15, -0.1) is 0 Å². The molecule has 0 amide bonds. The van der Waals surface area contributed by atoms with Crippen molar-refractivity contribution < 1.29 is 4.42 Å². The van der Waals surface area contributed by atoms with Crippen LogP contribution in [-0.2, 0) is 6.54 Å². The van der Waals surface area contributed by atoms with E-state index in [1.807, 2.05) is 24.9 Å². The number of aryl methyl sites for hydroxylation is 1. The Hall–Kier alpha value is -1.49. The number of guanidine groups is 1. The molecule has 0 aliphatic heterocycles. The molecule has 1 saturated carbocycles. The molecular formula is C13H22N4O. The lowest BCUT2D eigenvalue weighted by molar-refractivity contribution is 0.459. The Morgan fingerprint density at radius 2 is 2.28 bits per heavy atom. The van der Waals surface area contributed by atoms with Crippen LogP contribution in [-0.4, -0.2) is 23.9 Å². The summed E-state index contributed by atoms with van der Waals surface area (Å²) in [5, 5.41) is 0. The van der Waals surface area contributed by atoms with Crippen LogP contribution >= 0.6 is 0 Å². The molecule has 0 radical (unpaired) electrons.